The Morgan fingerprint density at radius 2 is 2.25 bits per heavy atom. The van der Waals surface area contributed by atoms with E-state index in [1.165, 1.54) is 6.42 Å². The molecule has 0 aromatic heterocycles. The number of allylic oxidation sites excluding steroid dienone is 2. The van der Waals surface area contributed by atoms with Gasteiger partial charge in [-0.1, -0.05) is 31.4 Å². The molecule has 0 atom stereocenters. The van der Waals surface area contributed by atoms with Crippen LogP contribution < -0.4 is 0 Å². The van der Waals surface area contributed by atoms with Gasteiger partial charge in [-0.3, -0.25) is 0 Å². The minimum atomic E-state index is 0.667. The Morgan fingerprint density at radius 3 is 2.75 bits per heavy atom. The molecule has 0 aliphatic heterocycles. The number of unbranched alkanes of at least 4 members (excludes halogenated alkanes) is 1. The average Bonchev–Trinajstić information content (AvgIpc) is 1.81. The van der Waals surface area contributed by atoms with Crippen molar-refractivity contribution in [2.75, 3.05) is 0 Å². The molecule has 0 fully saturated rings. The normalized spacial score (nSPS) is 9.50. The van der Waals surface area contributed by atoms with Crippen LogP contribution in [0.5, 0.6) is 0 Å². The van der Waals surface area contributed by atoms with E-state index in [-0.39, 0.29) is 0 Å². The van der Waals surface area contributed by atoms with Crippen molar-refractivity contribution in [3.05, 3.63) is 18.6 Å². The molecule has 0 unspecified atom stereocenters. The summed E-state index contributed by atoms with van der Waals surface area (Å²) >= 11 is 0. The molecular formula is C8H11. The summed E-state index contributed by atoms with van der Waals surface area (Å²) in [5.41, 5.74) is 0. The third-order valence-electron chi connectivity index (χ3n) is 0.842. The summed E-state index contributed by atoms with van der Waals surface area (Å²) in [5, 5.41) is 0. The lowest BCUT2D eigenvalue weighted by molar-refractivity contribution is 0.955. The monoisotopic (exact) mass is 107 g/mol. The number of rotatable bonds is 3. The Bertz CT molecular complexity index is 93.1. The fourth-order valence-corrected chi connectivity index (χ4v) is 0.427. The molecule has 0 nitrogen and oxygen atoms in total. The molecule has 1 radical (unpaired) electrons. The lowest BCUT2D eigenvalue weighted by Gasteiger charge is -1.79. The van der Waals surface area contributed by atoms with Crippen molar-refractivity contribution in [3.63, 3.8) is 0 Å². The van der Waals surface area contributed by atoms with E-state index in [4.69, 9.17) is 6.42 Å². The molecule has 0 saturated carbocycles. The number of hydrogen-bond acceptors (Lipinski definition) is 0. The van der Waals surface area contributed by atoms with Crippen LogP contribution in [-0.2, 0) is 0 Å². The van der Waals surface area contributed by atoms with Crippen molar-refractivity contribution in [1.82, 2.24) is 0 Å². The minimum Gasteiger partial charge on any atom is -0.0876 e. The molecule has 0 heterocycles. The maximum Gasteiger partial charge on any atom is 0.0279 e. The van der Waals surface area contributed by atoms with Gasteiger partial charge in [0.1, 0.15) is 0 Å². The van der Waals surface area contributed by atoms with E-state index >= 15 is 0 Å². The predicted octanol–water partition coefficient (Wildman–Crippen LogP) is 2.32. The lowest BCUT2D eigenvalue weighted by Crippen LogP contribution is -1.60. The molecule has 0 heteroatoms. The van der Waals surface area contributed by atoms with Crippen LogP contribution in [0.4, 0.5) is 0 Å². The van der Waals surface area contributed by atoms with Crippen molar-refractivity contribution >= 4 is 0 Å². The number of hydrogen-bond donors (Lipinski definition) is 0. The molecule has 0 aliphatic rings. The molecule has 0 aromatic rings. The second-order valence-corrected chi connectivity index (χ2v) is 1.64. The molecular weight excluding hydrogens is 96.1 g/mol. The Morgan fingerprint density at radius 1 is 1.50 bits per heavy atom. The first-order chi connectivity index (χ1) is 3.91. The van der Waals surface area contributed by atoms with Crippen LogP contribution in [-0.4, -0.2) is 0 Å². The summed E-state index contributed by atoms with van der Waals surface area (Å²) in [4.78, 5) is 0. The second kappa shape index (κ2) is 6.30. The average molecular weight is 107 g/mol. The van der Waals surface area contributed by atoms with Crippen LogP contribution in [0.25, 0.3) is 0 Å². The Balaban J connectivity index is 2.98. The lowest BCUT2D eigenvalue weighted by atomic mass is 10.3. The van der Waals surface area contributed by atoms with Crippen LogP contribution in [0.1, 0.15) is 26.2 Å². The van der Waals surface area contributed by atoms with Crippen LogP contribution in [0.3, 0.4) is 0 Å². The van der Waals surface area contributed by atoms with Crippen molar-refractivity contribution in [3.8, 4) is 5.92 Å². The van der Waals surface area contributed by atoms with E-state index in [1.807, 2.05) is 6.08 Å². The van der Waals surface area contributed by atoms with Crippen LogP contribution >= 0.6 is 0 Å². The topological polar surface area (TPSA) is 0 Å². The quantitative estimate of drug-likeness (QED) is 0.383. The Kier molecular flexibility index (Phi) is 5.75. The van der Waals surface area contributed by atoms with Gasteiger partial charge in [0.2, 0.25) is 0 Å². The van der Waals surface area contributed by atoms with Crippen molar-refractivity contribution in [2.45, 2.75) is 26.2 Å². The smallest absolute Gasteiger partial charge is 0.0279 e. The van der Waals surface area contributed by atoms with E-state index in [1.54, 1.807) is 0 Å². The minimum absolute atomic E-state index is 0.667. The van der Waals surface area contributed by atoms with Gasteiger partial charge in [-0.2, -0.15) is 0 Å². The molecule has 0 spiro atoms. The van der Waals surface area contributed by atoms with Crippen LogP contribution in [0, 0.1) is 12.3 Å². The molecule has 0 aliphatic carbocycles. The maximum absolute atomic E-state index is 6.54. The third-order valence-corrected chi connectivity index (χ3v) is 0.842. The van der Waals surface area contributed by atoms with E-state index < -0.39 is 0 Å². The highest BCUT2D eigenvalue weighted by Gasteiger charge is 1.69. The summed E-state index contributed by atoms with van der Waals surface area (Å²) in [6, 6.07) is 0. The molecule has 0 aromatic carbocycles. The van der Waals surface area contributed by atoms with E-state index in [0.717, 1.165) is 6.42 Å². The fourth-order valence-electron chi connectivity index (χ4n) is 0.427. The second-order valence-electron chi connectivity index (χ2n) is 1.64. The van der Waals surface area contributed by atoms with Gasteiger partial charge in [0.25, 0.3) is 0 Å². The van der Waals surface area contributed by atoms with Gasteiger partial charge < -0.3 is 0 Å². The molecule has 0 bridgehead atoms. The molecule has 0 saturated heterocycles. The Labute approximate surface area is 51.6 Å². The van der Waals surface area contributed by atoms with Gasteiger partial charge in [-0.05, 0) is 12.8 Å². The largest absolute Gasteiger partial charge is 0.0876 e. The SMILES string of the molecule is [C]#CCC=CCCC. The van der Waals surface area contributed by atoms with Crippen LogP contribution in [0.15, 0.2) is 12.2 Å². The van der Waals surface area contributed by atoms with Crippen LogP contribution in [0.2, 0.25) is 0 Å². The fraction of sp³-hybridized carbons (Fsp3) is 0.500. The summed E-state index contributed by atoms with van der Waals surface area (Å²) in [6.07, 6.45) is 13.6. The maximum atomic E-state index is 6.54. The first-order valence-electron chi connectivity index (χ1n) is 2.96. The van der Waals surface area contributed by atoms with E-state index in [0.29, 0.717) is 6.42 Å². The van der Waals surface area contributed by atoms with Gasteiger partial charge in [-0.25, -0.2) is 0 Å². The highest BCUT2D eigenvalue weighted by Crippen LogP contribution is 1.89. The van der Waals surface area contributed by atoms with Crippen molar-refractivity contribution < 1.29 is 0 Å². The molecule has 0 rings (SSSR count). The van der Waals surface area contributed by atoms with Gasteiger partial charge in [-0.15, -0.1) is 0 Å². The summed E-state index contributed by atoms with van der Waals surface area (Å²) in [6.45, 7) is 2.14. The van der Waals surface area contributed by atoms with Crippen molar-refractivity contribution in [1.29, 1.82) is 0 Å². The van der Waals surface area contributed by atoms with Crippen molar-refractivity contribution in [2.24, 2.45) is 0 Å². The van der Waals surface area contributed by atoms with Gasteiger partial charge in [0, 0.05) is 6.42 Å². The highest BCUT2D eigenvalue weighted by molar-refractivity contribution is 4.92. The molecule has 8 heavy (non-hydrogen) atoms. The molecule has 0 N–H and O–H groups in total. The zero-order valence-corrected chi connectivity index (χ0v) is 5.28. The van der Waals surface area contributed by atoms with Gasteiger partial charge in [0.15, 0.2) is 0 Å². The summed E-state index contributed by atoms with van der Waals surface area (Å²) in [7, 11) is 0. The summed E-state index contributed by atoms with van der Waals surface area (Å²) in [5.74, 6) is 2.29. The first kappa shape index (κ1) is 7.30. The zero-order chi connectivity index (χ0) is 6.24. The first-order valence-corrected chi connectivity index (χ1v) is 2.96. The zero-order valence-electron chi connectivity index (χ0n) is 5.28. The Hall–Kier alpha value is -0.700. The van der Waals surface area contributed by atoms with Gasteiger partial charge in [0.05, 0.1) is 0 Å². The summed E-state index contributed by atoms with van der Waals surface area (Å²) < 4.78 is 0. The molecule has 43 valence electrons. The molecule has 0 amide bonds. The van der Waals surface area contributed by atoms with Gasteiger partial charge >= 0.3 is 0 Å². The highest BCUT2D eigenvalue weighted by atomic mass is 13.8. The van der Waals surface area contributed by atoms with E-state index in [2.05, 4.69) is 18.9 Å². The van der Waals surface area contributed by atoms with E-state index in [9.17, 15) is 0 Å². The standard InChI is InChI=1S/C8H11/c1-3-5-7-8-6-4-2/h7-8H,3,5-6H2,1H3. The third kappa shape index (κ3) is 5.30. The predicted molar refractivity (Wildman–Crippen MR) is 35.8 cm³/mol.